The molecule has 13 nitrogen and oxygen atoms in total. The number of nitrogens with two attached hydrogens (primary N) is 1. The smallest absolute Gasteiger partial charge is 0.326 e. The average Bonchev–Trinajstić information content (AvgIpc) is 3.56. The molecule has 13 heteroatoms. The number of nitrogens with zero attached hydrogens (tertiary/aromatic N) is 3. The molecule has 4 unspecified atom stereocenters. The van der Waals surface area contributed by atoms with E-state index < -0.39 is 53.8 Å². The number of H-pyrrole nitrogens is 1. The van der Waals surface area contributed by atoms with Crippen molar-refractivity contribution in [3.05, 3.63) is 18.2 Å². The van der Waals surface area contributed by atoms with E-state index in [2.05, 4.69) is 15.3 Å². The molecule has 2 fully saturated rings. The highest BCUT2D eigenvalue weighted by atomic mass is 16.4. The van der Waals surface area contributed by atoms with Gasteiger partial charge in [0.05, 0.1) is 12.4 Å². The molecule has 3 amide bonds. The van der Waals surface area contributed by atoms with Gasteiger partial charge >= 0.3 is 11.9 Å². The van der Waals surface area contributed by atoms with Crippen LogP contribution in [-0.4, -0.2) is 96.9 Å². The molecule has 2 saturated heterocycles. The lowest BCUT2D eigenvalue weighted by Gasteiger charge is -2.32. The van der Waals surface area contributed by atoms with Gasteiger partial charge in [-0.2, -0.15) is 0 Å². The summed E-state index contributed by atoms with van der Waals surface area (Å²) < 4.78 is 0. The molecule has 0 radical (unpaired) electrons. The fourth-order valence-corrected chi connectivity index (χ4v) is 4.50. The molecule has 186 valence electrons. The second-order valence-electron chi connectivity index (χ2n) is 8.60. The highest BCUT2D eigenvalue weighted by Crippen LogP contribution is 2.26. The van der Waals surface area contributed by atoms with Crippen molar-refractivity contribution >= 4 is 29.7 Å². The molecular weight excluding hydrogens is 448 g/mol. The number of hydrogen-bond acceptors (Lipinski definition) is 7. The highest BCUT2D eigenvalue weighted by molar-refractivity contribution is 5.95. The monoisotopic (exact) mass is 478 g/mol. The van der Waals surface area contributed by atoms with Gasteiger partial charge in [0, 0.05) is 37.8 Å². The number of carboxylic acids is 2. The highest BCUT2D eigenvalue weighted by Gasteiger charge is 2.43. The van der Waals surface area contributed by atoms with Crippen LogP contribution in [0.1, 0.15) is 44.2 Å². The summed E-state index contributed by atoms with van der Waals surface area (Å²) >= 11 is 0. The standard InChI is InChI=1S/C21H30N6O7/c22-13(9-12-10-23-11-24-12)18(30)25-14(5-6-17(28)29)19(31)26-7-1-3-15(26)20(32)27-8-2-4-16(27)21(33)34/h10-11,13-16H,1-9,22H2,(H,23,24)(H,25,30)(H,28,29)(H,33,34). The van der Waals surface area contributed by atoms with Crippen LogP contribution in [0.3, 0.4) is 0 Å². The maximum absolute atomic E-state index is 13.4. The summed E-state index contributed by atoms with van der Waals surface area (Å²) in [4.78, 5) is 71.1. The maximum Gasteiger partial charge on any atom is 0.326 e. The summed E-state index contributed by atoms with van der Waals surface area (Å²) in [5.74, 6) is -3.87. The van der Waals surface area contributed by atoms with Crippen molar-refractivity contribution in [3.63, 3.8) is 0 Å². The van der Waals surface area contributed by atoms with Gasteiger partial charge in [-0.15, -0.1) is 0 Å². The van der Waals surface area contributed by atoms with Crippen LogP contribution in [-0.2, 0) is 30.4 Å². The van der Waals surface area contributed by atoms with Crippen LogP contribution in [0.5, 0.6) is 0 Å². The van der Waals surface area contributed by atoms with Gasteiger partial charge in [0.1, 0.15) is 18.1 Å². The van der Waals surface area contributed by atoms with Crippen molar-refractivity contribution in [1.82, 2.24) is 25.1 Å². The van der Waals surface area contributed by atoms with E-state index in [1.807, 2.05) is 0 Å². The van der Waals surface area contributed by atoms with Crippen LogP contribution in [0.4, 0.5) is 0 Å². The van der Waals surface area contributed by atoms with E-state index in [4.69, 9.17) is 10.8 Å². The summed E-state index contributed by atoms with van der Waals surface area (Å²) in [5, 5.41) is 21.1. The normalized spacial score (nSPS) is 21.8. The Morgan fingerprint density at radius 2 is 1.79 bits per heavy atom. The number of aromatic amines is 1. The van der Waals surface area contributed by atoms with E-state index in [-0.39, 0.29) is 25.8 Å². The van der Waals surface area contributed by atoms with Crippen molar-refractivity contribution in [2.24, 2.45) is 5.73 Å². The lowest BCUT2D eigenvalue weighted by Crippen LogP contribution is -2.57. The van der Waals surface area contributed by atoms with Crippen molar-refractivity contribution < 1.29 is 34.2 Å². The molecule has 1 aromatic rings. The maximum atomic E-state index is 13.4. The zero-order valence-electron chi connectivity index (χ0n) is 18.7. The van der Waals surface area contributed by atoms with Crippen LogP contribution >= 0.6 is 0 Å². The zero-order valence-corrected chi connectivity index (χ0v) is 18.7. The number of amides is 3. The summed E-state index contributed by atoms with van der Waals surface area (Å²) in [7, 11) is 0. The van der Waals surface area contributed by atoms with E-state index in [9.17, 15) is 29.1 Å². The minimum absolute atomic E-state index is 0.141. The first-order chi connectivity index (χ1) is 16.2. The quantitative estimate of drug-likeness (QED) is 0.271. The Labute approximate surface area is 195 Å². The van der Waals surface area contributed by atoms with Gasteiger partial charge in [0.15, 0.2) is 0 Å². The second-order valence-corrected chi connectivity index (χ2v) is 8.60. The van der Waals surface area contributed by atoms with Crippen LogP contribution in [0.2, 0.25) is 0 Å². The molecule has 2 aliphatic heterocycles. The summed E-state index contributed by atoms with van der Waals surface area (Å²) in [6.45, 7) is 0.552. The number of aliphatic carboxylic acids is 2. The Balaban J connectivity index is 1.71. The van der Waals surface area contributed by atoms with E-state index >= 15 is 0 Å². The number of likely N-dealkylation sites (tertiary alicyclic amines) is 2. The van der Waals surface area contributed by atoms with Crippen molar-refractivity contribution in [3.8, 4) is 0 Å². The number of rotatable bonds is 10. The minimum Gasteiger partial charge on any atom is -0.481 e. The Morgan fingerprint density at radius 1 is 1.12 bits per heavy atom. The fourth-order valence-electron chi connectivity index (χ4n) is 4.50. The van der Waals surface area contributed by atoms with E-state index in [1.54, 1.807) is 0 Å². The minimum atomic E-state index is -1.18. The summed E-state index contributed by atoms with van der Waals surface area (Å²) in [5.41, 5.74) is 6.58. The van der Waals surface area contributed by atoms with Crippen LogP contribution in [0, 0.1) is 0 Å². The molecule has 0 aromatic carbocycles. The van der Waals surface area contributed by atoms with Gasteiger partial charge in [0.25, 0.3) is 0 Å². The number of nitrogens with one attached hydrogen (secondary N) is 2. The molecule has 3 heterocycles. The molecule has 0 bridgehead atoms. The molecule has 1 aromatic heterocycles. The van der Waals surface area contributed by atoms with Gasteiger partial charge in [-0.1, -0.05) is 0 Å². The third-order valence-electron chi connectivity index (χ3n) is 6.23. The van der Waals surface area contributed by atoms with Gasteiger partial charge < -0.3 is 36.0 Å². The van der Waals surface area contributed by atoms with Gasteiger partial charge in [0.2, 0.25) is 17.7 Å². The molecule has 0 aliphatic carbocycles. The average molecular weight is 479 g/mol. The first-order valence-corrected chi connectivity index (χ1v) is 11.3. The first-order valence-electron chi connectivity index (χ1n) is 11.3. The third kappa shape index (κ3) is 5.90. The van der Waals surface area contributed by atoms with Gasteiger partial charge in [-0.25, -0.2) is 9.78 Å². The van der Waals surface area contributed by atoms with Crippen LogP contribution in [0.25, 0.3) is 0 Å². The number of aromatic nitrogens is 2. The Kier molecular flexibility index (Phi) is 8.21. The largest absolute Gasteiger partial charge is 0.481 e. The Hall–Kier alpha value is -3.48. The molecule has 3 rings (SSSR count). The zero-order chi connectivity index (χ0) is 24.8. The number of carbonyl (C=O) groups excluding carboxylic acids is 3. The topological polar surface area (TPSA) is 199 Å². The van der Waals surface area contributed by atoms with E-state index in [0.717, 1.165) is 0 Å². The lowest BCUT2D eigenvalue weighted by atomic mass is 10.1. The molecular formula is C21H30N6O7. The molecule has 6 N–H and O–H groups in total. The second kappa shape index (κ2) is 11.1. The number of carboxylic acid groups (broad SMARTS) is 2. The van der Waals surface area contributed by atoms with Crippen molar-refractivity contribution in [1.29, 1.82) is 0 Å². The Morgan fingerprint density at radius 3 is 2.41 bits per heavy atom. The number of carbonyl (C=O) groups is 5. The number of imidazole rings is 1. The molecule has 0 spiro atoms. The molecule has 2 aliphatic rings. The van der Waals surface area contributed by atoms with Crippen LogP contribution in [0.15, 0.2) is 12.5 Å². The predicted molar refractivity (Wildman–Crippen MR) is 116 cm³/mol. The molecule has 0 saturated carbocycles. The lowest BCUT2D eigenvalue weighted by molar-refractivity contribution is -0.152. The van der Waals surface area contributed by atoms with Gasteiger partial charge in [-0.3, -0.25) is 19.2 Å². The number of hydrogen-bond donors (Lipinski definition) is 5. The van der Waals surface area contributed by atoms with E-state index in [0.29, 0.717) is 37.9 Å². The van der Waals surface area contributed by atoms with Crippen LogP contribution < -0.4 is 11.1 Å². The Bertz CT molecular complexity index is 921. The van der Waals surface area contributed by atoms with Crippen molar-refractivity contribution in [2.45, 2.75) is 69.1 Å². The van der Waals surface area contributed by atoms with Gasteiger partial charge in [-0.05, 0) is 32.1 Å². The first kappa shape index (κ1) is 25.1. The predicted octanol–water partition coefficient (Wildman–Crippen LogP) is -1.30. The van der Waals surface area contributed by atoms with Crippen molar-refractivity contribution in [2.75, 3.05) is 13.1 Å². The fraction of sp³-hybridized carbons (Fsp3) is 0.619. The molecule has 4 atom stereocenters. The SMILES string of the molecule is NC(Cc1cnc[nH]1)C(=O)NC(CCC(=O)O)C(=O)N1CCCC1C(=O)N1CCCC1C(=O)O. The van der Waals surface area contributed by atoms with E-state index in [1.165, 1.54) is 22.3 Å². The summed E-state index contributed by atoms with van der Waals surface area (Å²) in [6, 6.07) is -3.96. The summed E-state index contributed by atoms with van der Waals surface area (Å²) in [6.07, 6.45) is 4.38. The molecule has 34 heavy (non-hydrogen) atoms. The third-order valence-corrected chi connectivity index (χ3v) is 6.23.